The molecule has 0 bridgehead atoms. The van der Waals surface area contributed by atoms with Gasteiger partial charge in [0.15, 0.2) is 0 Å². The van der Waals surface area contributed by atoms with E-state index < -0.39 is 0 Å². The predicted molar refractivity (Wildman–Crippen MR) is 61.7 cm³/mol. The summed E-state index contributed by atoms with van der Waals surface area (Å²) in [5, 5.41) is 0. The highest BCUT2D eigenvalue weighted by Gasteiger charge is 2.30. The summed E-state index contributed by atoms with van der Waals surface area (Å²) in [5.74, 6) is 1.40. The molecule has 0 saturated carbocycles. The summed E-state index contributed by atoms with van der Waals surface area (Å²) in [7, 11) is 0. The van der Waals surface area contributed by atoms with Crippen molar-refractivity contribution in [1.29, 1.82) is 0 Å². The number of likely N-dealkylation sites (tertiary alicyclic amines) is 1. The minimum absolute atomic E-state index is 0.259. The van der Waals surface area contributed by atoms with Crippen LogP contribution in [0.5, 0.6) is 0 Å². The molecule has 15 heavy (non-hydrogen) atoms. The maximum atomic E-state index is 6.02. The lowest BCUT2D eigenvalue weighted by Crippen LogP contribution is -2.46. The highest BCUT2D eigenvalue weighted by Crippen LogP contribution is 2.24. The van der Waals surface area contributed by atoms with Gasteiger partial charge in [0, 0.05) is 31.1 Å². The molecule has 3 heteroatoms. The molecule has 0 aromatic heterocycles. The maximum absolute atomic E-state index is 6.02. The van der Waals surface area contributed by atoms with Gasteiger partial charge in [-0.15, -0.1) is 0 Å². The molecule has 0 aliphatic carbocycles. The van der Waals surface area contributed by atoms with Crippen LogP contribution in [-0.2, 0) is 4.74 Å². The predicted octanol–water partition coefficient (Wildman–Crippen LogP) is 1.08. The van der Waals surface area contributed by atoms with E-state index >= 15 is 0 Å². The lowest BCUT2D eigenvalue weighted by Gasteiger charge is -2.38. The van der Waals surface area contributed by atoms with Gasteiger partial charge in [0.2, 0.25) is 0 Å². The van der Waals surface area contributed by atoms with Gasteiger partial charge in [-0.1, -0.05) is 6.92 Å². The molecular weight excluding hydrogens is 188 g/mol. The maximum Gasteiger partial charge on any atom is 0.0621 e. The van der Waals surface area contributed by atoms with E-state index in [0.717, 1.165) is 31.7 Å². The molecule has 2 heterocycles. The molecule has 2 saturated heterocycles. The van der Waals surface area contributed by atoms with Gasteiger partial charge in [-0.05, 0) is 25.7 Å². The number of ether oxygens (including phenoxy) is 1. The van der Waals surface area contributed by atoms with Crippen molar-refractivity contribution >= 4 is 0 Å². The second-order valence-corrected chi connectivity index (χ2v) is 5.45. The molecule has 0 radical (unpaired) electrons. The van der Waals surface area contributed by atoms with Crippen molar-refractivity contribution in [3.8, 4) is 0 Å². The summed E-state index contributed by atoms with van der Waals surface area (Å²) < 4.78 is 5.42. The fourth-order valence-corrected chi connectivity index (χ4v) is 2.74. The second-order valence-electron chi connectivity index (χ2n) is 5.45. The number of hydrogen-bond donors (Lipinski definition) is 1. The van der Waals surface area contributed by atoms with E-state index in [0.29, 0.717) is 5.92 Å². The zero-order valence-corrected chi connectivity index (χ0v) is 9.98. The Morgan fingerprint density at radius 1 is 1.27 bits per heavy atom. The topological polar surface area (TPSA) is 38.5 Å². The van der Waals surface area contributed by atoms with Gasteiger partial charge >= 0.3 is 0 Å². The highest BCUT2D eigenvalue weighted by atomic mass is 16.5. The van der Waals surface area contributed by atoms with E-state index in [-0.39, 0.29) is 6.04 Å². The summed E-state index contributed by atoms with van der Waals surface area (Å²) in [6.45, 7) is 8.68. The van der Waals surface area contributed by atoms with Crippen LogP contribution in [0, 0.1) is 11.8 Å². The van der Waals surface area contributed by atoms with Crippen LogP contribution in [0.3, 0.4) is 0 Å². The van der Waals surface area contributed by atoms with Crippen molar-refractivity contribution in [3.05, 3.63) is 0 Å². The molecule has 0 aromatic carbocycles. The number of nitrogens with two attached hydrogens (primary N) is 1. The van der Waals surface area contributed by atoms with E-state index in [1.807, 2.05) is 0 Å². The Bertz CT molecular complexity index is 210. The third kappa shape index (κ3) is 2.71. The van der Waals surface area contributed by atoms with Gasteiger partial charge in [-0.3, -0.25) is 4.90 Å². The lowest BCUT2D eigenvalue weighted by molar-refractivity contribution is 0.0966. The summed E-state index contributed by atoms with van der Waals surface area (Å²) in [6, 6.07) is 0.989. The summed E-state index contributed by atoms with van der Waals surface area (Å²) in [4.78, 5) is 2.60. The van der Waals surface area contributed by atoms with E-state index in [2.05, 4.69) is 18.7 Å². The minimum Gasteiger partial charge on any atom is -0.379 e. The molecular formula is C12H24N2O. The fourth-order valence-electron chi connectivity index (χ4n) is 2.74. The number of hydrogen-bond acceptors (Lipinski definition) is 3. The molecule has 0 aromatic rings. The van der Waals surface area contributed by atoms with Gasteiger partial charge in [0.1, 0.15) is 0 Å². The lowest BCUT2D eigenvalue weighted by atomic mass is 9.93. The Kier molecular flexibility index (Phi) is 3.65. The largest absolute Gasteiger partial charge is 0.379 e. The van der Waals surface area contributed by atoms with Crippen molar-refractivity contribution in [3.63, 3.8) is 0 Å². The molecule has 88 valence electrons. The van der Waals surface area contributed by atoms with E-state index in [4.69, 9.17) is 10.5 Å². The fraction of sp³-hybridized carbons (Fsp3) is 1.00. The number of nitrogens with zero attached hydrogens (tertiary/aromatic N) is 1. The van der Waals surface area contributed by atoms with Gasteiger partial charge in [0.25, 0.3) is 0 Å². The molecule has 0 amide bonds. The van der Waals surface area contributed by atoms with Crippen LogP contribution in [0.25, 0.3) is 0 Å². The average Bonchev–Trinajstić information content (AvgIpc) is 2.58. The van der Waals surface area contributed by atoms with Crippen molar-refractivity contribution in [2.45, 2.75) is 38.8 Å². The molecule has 2 N–H and O–H groups in total. The van der Waals surface area contributed by atoms with Gasteiger partial charge in [0.05, 0.1) is 13.2 Å². The summed E-state index contributed by atoms with van der Waals surface area (Å²) >= 11 is 0. The normalized spacial score (nSPS) is 43.4. The third-order valence-corrected chi connectivity index (χ3v) is 3.96. The molecule has 0 spiro atoms. The van der Waals surface area contributed by atoms with Gasteiger partial charge in [-0.25, -0.2) is 0 Å². The first-order valence-corrected chi connectivity index (χ1v) is 6.24. The van der Waals surface area contributed by atoms with Crippen LogP contribution in [0.4, 0.5) is 0 Å². The average molecular weight is 212 g/mol. The molecule has 2 fully saturated rings. The first kappa shape index (κ1) is 11.4. The Morgan fingerprint density at radius 3 is 2.73 bits per heavy atom. The van der Waals surface area contributed by atoms with E-state index in [1.54, 1.807) is 0 Å². The highest BCUT2D eigenvalue weighted by molar-refractivity contribution is 4.85. The van der Waals surface area contributed by atoms with Gasteiger partial charge < -0.3 is 10.5 Å². The molecule has 2 aliphatic heterocycles. The Hall–Kier alpha value is -0.120. The van der Waals surface area contributed by atoms with E-state index in [1.165, 1.54) is 19.4 Å². The van der Waals surface area contributed by atoms with Gasteiger partial charge in [-0.2, -0.15) is 0 Å². The van der Waals surface area contributed by atoms with Crippen molar-refractivity contribution in [2.24, 2.45) is 17.6 Å². The van der Waals surface area contributed by atoms with Crippen LogP contribution in [0.2, 0.25) is 0 Å². The SMILES string of the molecule is CC1CCC(C)N(CC2COCC2N)C1. The number of piperidine rings is 1. The van der Waals surface area contributed by atoms with E-state index in [9.17, 15) is 0 Å². The van der Waals surface area contributed by atoms with Crippen LogP contribution in [0.15, 0.2) is 0 Å². The zero-order chi connectivity index (χ0) is 10.8. The number of rotatable bonds is 2. The smallest absolute Gasteiger partial charge is 0.0621 e. The van der Waals surface area contributed by atoms with Crippen LogP contribution in [-0.4, -0.2) is 43.3 Å². The molecule has 2 rings (SSSR count). The van der Waals surface area contributed by atoms with Crippen LogP contribution in [0.1, 0.15) is 26.7 Å². The van der Waals surface area contributed by atoms with Crippen molar-refractivity contribution in [2.75, 3.05) is 26.3 Å². The molecule has 4 atom stereocenters. The summed E-state index contributed by atoms with van der Waals surface area (Å²) in [6.07, 6.45) is 2.72. The summed E-state index contributed by atoms with van der Waals surface area (Å²) in [5.41, 5.74) is 6.02. The first-order valence-electron chi connectivity index (χ1n) is 6.24. The first-order chi connectivity index (χ1) is 7.16. The quantitative estimate of drug-likeness (QED) is 0.744. The Balaban J connectivity index is 1.86. The standard InChI is InChI=1S/C12H24N2O/c1-9-3-4-10(2)14(5-9)6-11-7-15-8-12(11)13/h9-12H,3-8,13H2,1-2H3. The molecule has 4 unspecified atom stereocenters. The van der Waals surface area contributed by atoms with Crippen LogP contribution < -0.4 is 5.73 Å². The van der Waals surface area contributed by atoms with Crippen molar-refractivity contribution < 1.29 is 4.74 Å². The molecule has 3 nitrogen and oxygen atoms in total. The van der Waals surface area contributed by atoms with Crippen LogP contribution >= 0.6 is 0 Å². The van der Waals surface area contributed by atoms with Crippen molar-refractivity contribution in [1.82, 2.24) is 4.90 Å². The Morgan fingerprint density at radius 2 is 2.07 bits per heavy atom. The zero-order valence-electron chi connectivity index (χ0n) is 9.98. The minimum atomic E-state index is 0.259. The third-order valence-electron chi connectivity index (χ3n) is 3.96. The Labute approximate surface area is 93.0 Å². The monoisotopic (exact) mass is 212 g/mol. The second kappa shape index (κ2) is 4.81. The molecule has 2 aliphatic rings.